The predicted molar refractivity (Wildman–Crippen MR) is 85.9 cm³/mol. The maximum absolute atomic E-state index is 11.7. The molecule has 0 heterocycles. The molecule has 0 saturated carbocycles. The molecular weight excluding hydrogens is 350 g/mol. The highest BCUT2D eigenvalue weighted by Gasteiger charge is 2.20. The van der Waals surface area contributed by atoms with Crippen LogP contribution in [0.2, 0.25) is 0 Å². The Hall–Kier alpha value is -2.34. The molecule has 0 aliphatic rings. The van der Waals surface area contributed by atoms with Gasteiger partial charge in [-0.25, -0.2) is 9.59 Å². The zero-order valence-corrected chi connectivity index (χ0v) is 13.3. The molecule has 2 rings (SSSR count). The van der Waals surface area contributed by atoms with Crippen molar-refractivity contribution in [3.63, 3.8) is 0 Å². The number of aliphatic carboxylic acids is 1. The second-order valence-electron chi connectivity index (χ2n) is 4.51. The van der Waals surface area contributed by atoms with Gasteiger partial charge in [0.25, 0.3) is 0 Å². The lowest BCUT2D eigenvalue weighted by Crippen LogP contribution is -2.20. The standard InChI is InChI=1S/C16H14BrNO4/c1-22-16(21)12-9-11(7-8-13(12)17)18-14(15(19)20)10-5-3-2-4-6-10/h2-9,14,18H,1H3,(H,19,20). The molecule has 2 aromatic carbocycles. The molecule has 0 spiro atoms. The second-order valence-corrected chi connectivity index (χ2v) is 5.37. The van der Waals surface area contributed by atoms with E-state index in [0.29, 0.717) is 21.3 Å². The number of esters is 1. The fourth-order valence-electron chi connectivity index (χ4n) is 1.98. The Labute approximate surface area is 136 Å². The molecule has 1 unspecified atom stereocenters. The quantitative estimate of drug-likeness (QED) is 0.795. The van der Waals surface area contributed by atoms with Crippen LogP contribution < -0.4 is 5.32 Å². The first kappa shape index (κ1) is 16.0. The van der Waals surface area contributed by atoms with Gasteiger partial charge < -0.3 is 15.2 Å². The van der Waals surface area contributed by atoms with Crippen LogP contribution in [0.15, 0.2) is 53.0 Å². The molecule has 5 nitrogen and oxygen atoms in total. The molecule has 1 atom stereocenters. The molecule has 0 fully saturated rings. The minimum atomic E-state index is -1.01. The maximum Gasteiger partial charge on any atom is 0.339 e. The van der Waals surface area contributed by atoms with Gasteiger partial charge in [-0.05, 0) is 39.7 Å². The van der Waals surface area contributed by atoms with Crippen LogP contribution in [0.4, 0.5) is 5.69 Å². The molecule has 0 amide bonds. The van der Waals surface area contributed by atoms with Crippen LogP contribution >= 0.6 is 15.9 Å². The van der Waals surface area contributed by atoms with Gasteiger partial charge in [-0.3, -0.25) is 0 Å². The van der Waals surface area contributed by atoms with Crippen LogP contribution in [0.1, 0.15) is 22.0 Å². The molecule has 114 valence electrons. The van der Waals surface area contributed by atoms with Gasteiger partial charge in [0.1, 0.15) is 0 Å². The largest absolute Gasteiger partial charge is 0.479 e. The highest BCUT2D eigenvalue weighted by Crippen LogP contribution is 2.25. The van der Waals surface area contributed by atoms with Crippen molar-refractivity contribution in [2.45, 2.75) is 6.04 Å². The molecule has 2 aromatic rings. The van der Waals surface area contributed by atoms with Gasteiger partial charge in [0.2, 0.25) is 0 Å². The summed E-state index contributed by atoms with van der Waals surface area (Å²) in [4.78, 5) is 23.2. The number of ether oxygens (including phenoxy) is 1. The summed E-state index contributed by atoms with van der Waals surface area (Å²) >= 11 is 3.27. The summed E-state index contributed by atoms with van der Waals surface area (Å²) in [5.74, 6) is -1.50. The number of anilines is 1. The van der Waals surface area contributed by atoms with Gasteiger partial charge in [0, 0.05) is 10.2 Å². The Morgan fingerprint density at radius 2 is 1.86 bits per heavy atom. The number of methoxy groups -OCH3 is 1. The van der Waals surface area contributed by atoms with Crippen molar-refractivity contribution in [1.29, 1.82) is 0 Å². The smallest absolute Gasteiger partial charge is 0.339 e. The molecule has 22 heavy (non-hydrogen) atoms. The third-order valence-corrected chi connectivity index (χ3v) is 3.75. The first-order chi connectivity index (χ1) is 10.5. The average Bonchev–Trinajstić information content (AvgIpc) is 2.53. The summed E-state index contributed by atoms with van der Waals surface area (Å²) in [5.41, 5.74) is 1.46. The van der Waals surface area contributed by atoms with Crippen LogP contribution in [0, 0.1) is 0 Å². The number of hydrogen-bond acceptors (Lipinski definition) is 4. The van der Waals surface area contributed by atoms with E-state index in [2.05, 4.69) is 21.2 Å². The fraction of sp³-hybridized carbons (Fsp3) is 0.125. The molecule has 6 heteroatoms. The fourth-order valence-corrected chi connectivity index (χ4v) is 2.39. The van der Waals surface area contributed by atoms with E-state index >= 15 is 0 Å². The normalized spacial score (nSPS) is 11.5. The summed E-state index contributed by atoms with van der Waals surface area (Å²) < 4.78 is 5.28. The average molecular weight is 364 g/mol. The number of carbonyl (C=O) groups excluding carboxylic acids is 1. The Balaban J connectivity index is 2.32. The monoisotopic (exact) mass is 363 g/mol. The van der Waals surface area contributed by atoms with Crippen molar-refractivity contribution in [1.82, 2.24) is 0 Å². The highest BCUT2D eigenvalue weighted by molar-refractivity contribution is 9.10. The first-order valence-electron chi connectivity index (χ1n) is 6.45. The van der Waals surface area contributed by atoms with Gasteiger partial charge in [-0.1, -0.05) is 30.3 Å². The van der Waals surface area contributed by atoms with E-state index in [1.165, 1.54) is 7.11 Å². The van der Waals surface area contributed by atoms with Crippen molar-refractivity contribution < 1.29 is 19.4 Å². The van der Waals surface area contributed by atoms with E-state index in [0.717, 1.165) is 0 Å². The molecular formula is C16H14BrNO4. The van der Waals surface area contributed by atoms with Crippen molar-refractivity contribution in [2.75, 3.05) is 12.4 Å². The number of carboxylic acids is 1. The molecule has 0 bridgehead atoms. The SMILES string of the molecule is COC(=O)c1cc(NC(C(=O)O)c2ccccc2)ccc1Br. The summed E-state index contributed by atoms with van der Waals surface area (Å²) in [5, 5.41) is 12.3. The van der Waals surface area contributed by atoms with Gasteiger partial charge in [-0.15, -0.1) is 0 Å². The molecule has 0 saturated heterocycles. The molecule has 0 aliphatic carbocycles. The number of carbonyl (C=O) groups is 2. The number of hydrogen-bond donors (Lipinski definition) is 2. The zero-order valence-electron chi connectivity index (χ0n) is 11.7. The van der Waals surface area contributed by atoms with Crippen molar-refractivity contribution in [3.8, 4) is 0 Å². The minimum absolute atomic E-state index is 0.324. The number of nitrogens with one attached hydrogen (secondary N) is 1. The van der Waals surface area contributed by atoms with Crippen LogP contribution in [0.3, 0.4) is 0 Å². The van der Waals surface area contributed by atoms with Crippen LogP contribution in [-0.2, 0) is 9.53 Å². The van der Waals surface area contributed by atoms with E-state index < -0.39 is 18.0 Å². The predicted octanol–water partition coefficient (Wildman–Crippen LogP) is 3.47. The maximum atomic E-state index is 11.7. The van der Waals surface area contributed by atoms with E-state index in [1.54, 1.807) is 42.5 Å². The lowest BCUT2D eigenvalue weighted by molar-refractivity contribution is -0.138. The topological polar surface area (TPSA) is 75.6 Å². The molecule has 0 aromatic heterocycles. The Bertz CT molecular complexity index is 688. The first-order valence-corrected chi connectivity index (χ1v) is 7.24. The van der Waals surface area contributed by atoms with Crippen LogP contribution in [0.25, 0.3) is 0 Å². The van der Waals surface area contributed by atoms with Crippen molar-refractivity contribution in [2.24, 2.45) is 0 Å². The number of carboxylic acid groups (broad SMARTS) is 1. The molecule has 2 N–H and O–H groups in total. The number of benzene rings is 2. The molecule has 0 aliphatic heterocycles. The van der Waals surface area contributed by atoms with Crippen molar-refractivity contribution >= 4 is 33.6 Å². The van der Waals surface area contributed by atoms with E-state index in [-0.39, 0.29) is 0 Å². The Morgan fingerprint density at radius 1 is 1.18 bits per heavy atom. The Kier molecular flexibility index (Phi) is 5.16. The lowest BCUT2D eigenvalue weighted by Gasteiger charge is -2.17. The van der Waals surface area contributed by atoms with Gasteiger partial charge in [-0.2, -0.15) is 0 Å². The minimum Gasteiger partial charge on any atom is -0.479 e. The number of halogens is 1. The highest BCUT2D eigenvalue weighted by atomic mass is 79.9. The van der Waals surface area contributed by atoms with E-state index in [4.69, 9.17) is 4.74 Å². The van der Waals surface area contributed by atoms with Crippen LogP contribution in [0.5, 0.6) is 0 Å². The van der Waals surface area contributed by atoms with Gasteiger partial charge in [0.15, 0.2) is 6.04 Å². The third kappa shape index (κ3) is 3.65. The lowest BCUT2D eigenvalue weighted by atomic mass is 10.1. The third-order valence-electron chi connectivity index (χ3n) is 3.06. The van der Waals surface area contributed by atoms with Gasteiger partial charge in [0.05, 0.1) is 12.7 Å². The summed E-state index contributed by atoms with van der Waals surface area (Å²) in [6, 6.07) is 12.8. The zero-order chi connectivity index (χ0) is 16.1. The number of rotatable bonds is 5. The van der Waals surface area contributed by atoms with Crippen molar-refractivity contribution in [3.05, 3.63) is 64.1 Å². The summed E-state index contributed by atoms with van der Waals surface area (Å²) in [6.07, 6.45) is 0. The van der Waals surface area contributed by atoms with Gasteiger partial charge >= 0.3 is 11.9 Å². The summed E-state index contributed by atoms with van der Waals surface area (Å²) in [7, 11) is 1.29. The van der Waals surface area contributed by atoms with E-state index in [9.17, 15) is 14.7 Å². The van der Waals surface area contributed by atoms with Crippen LogP contribution in [-0.4, -0.2) is 24.2 Å². The van der Waals surface area contributed by atoms with E-state index in [1.807, 2.05) is 6.07 Å². The summed E-state index contributed by atoms with van der Waals surface area (Å²) in [6.45, 7) is 0. The second kappa shape index (κ2) is 7.09. The molecule has 0 radical (unpaired) electrons. The Morgan fingerprint density at radius 3 is 2.45 bits per heavy atom.